The van der Waals surface area contributed by atoms with Crippen molar-refractivity contribution < 1.29 is 0 Å². The van der Waals surface area contributed by atoms with Crippen LogP contribution in [0.3, 0.4) is 0 Å². The molecule has 0 atom stereocenters. The molecule has 0 radical (unpaired) electrons. The Morgan fingerprint density at radius 2 is 0.821 bits per heavy atom. The molecule has 0 saturated heterocycles. The third-order valence-corrected chi connectivity index (χ3v) is 12.4. The number of rotatable bonds is 6. The van der Waals surface area contributed by atoms with Crippen molar-refractivity contribution in [3.8, 4) is 61.3 Å². The predicted octanol–water partition coefficient (Wildman–Crippen LogP) is 15.5. The summed E-state index contributed by atoms with van der Waals surface area (Å²) in [5, 5.41) is 5.12. The van der Waals surface area contributed by atoms with Gasteiger partial charge < -0.3 is 4.57 Å². The van der Waals surface area contributed by atoms with Crippen LogP contribution in [0, 0.1) is 0 Å². The predicted molar refractivity (Wildman–Crippen MR) is 241 cm³/mol. The van der Waals surface area contributed by atoms with Gasteiger partial charge in [-0.1, -0.05) is 158 Å². The number of thiophene rings is 1. The van der Waals surface area contributed by atoms with Crippen LogP contribution in [0.25, 0.3) is 103 Å². The first-order valence-corrected chi connectivity index (χ1v) is 20.0. The average Bonchev–Trinajstić information content (AvgIpc) is 3.82. The first-order chi connectivity index (χ1) is 27.7. The first-order valence-electron chi connectivity index (χ1n) is 19.2. The van der Waals surface area contributed by atoms with Crippen molar-refractivity contribution in [2.75, 3.05) is 0 Å². The Kier molecular flexibility index (Phi) is 7.75. The molecular weight excluding hydrogens is 695 g/mol. The van der Waals surface area contributed by atoms with Gasteiger partial charge in [0.2, 0.25) is 0 Å². The fourth-order valence-corrected chi connectivity index (χ4v) is 9.68. The molecule has 2 aromatic heterocycles. The second-order valence-electron chi connectivity index (χ2n) is 14.5. The molecule has 11 rings (SSSR count). The zero-order valence-corrected chi connectivity index (χ0v) is 31.4. The van der Waals surface area contributed by atoms with E-state index >= 15 is 0 Å². The molecule has 1 nitrogen and oxygen atoms in total. The van der Waals surface area contributed by atoms with Crippen LogP contribution in [0.2, 0.25) is 0 Å². The Morgan fingerprint density at radius 1 is 0.286 bits per heavy atom. The summed E-state index contributed by atoms with van der Waals surface area (Å²) in [6, 6.07) is 77.7. The summed E-state index contributed by atoms with van der Waals surface area (Å²) in [7, 11) is 0. The van der Waals surface area contributed by atoms with Crippen molar-refractivity contribution in [2.45, 2.75) is 0 Å². The van der Waals surface area contributed by atoms with E-state index in [-0.39, 0.29) is 0 Å². The second kappa shape index (κ2) is 13.4. The maximum Gasteiger partial charge on any atom is 0.0547 e. The number of hydrogen-bond donors (Lipinski definition) is 0. The molecule has 262 valence electrons. The highest BCUT2D eigenvalue weighted by atomic mass is 32.1. The molecule has 0 aliphatic rings. The van der Waals surface area contributed by atoms with E-state index < -0.39 is 0 Å². The monoisotopic (exact) mass is 729 g/mol. The van der Waals surface area contributed by atoms with Crippen LogP contribution in [0.15, 0.2) is 212 Å². The number of para-hydroxylation sites is 1. The van der Waals surface area contributed by atoms with Crippen molar-refractivity contribution in [2.24, 2.45) is 0 Å². The van der Waals surface area contributed by atoms with Crippen LogP contribution in [0.5, 0.6) is 0 Å². The molecule has 0 bridgehead atoms. The molecule has 0 amide bonds. The minimum Gasteiger partial charge on any atom is -0.309 e. The molecule has 0 fully saturated rings. The van der Waals surface area contributed by atoms with E-state index in [1.165, 1.54) is 97.6 Å². The lowest BCUT2D eigenvalue weighted by molar-refractivity contribution is 1.18. The molecule has 56 heavy (non-hydrogen) atoms. The second-order valence-corrected chi connectivity index (χ2v) is 15.6. The molecule has 2 heterocycles. The lowest BCUT2D eigenvalue weighted by atomic mass is 9.92. The van der Waals surface area contributed by atoms with Crippen LogP contribution < -0.4 is 0 Å². The molecule has 0 aliphatic heterocycles. The number of hydrogen-bond acceptors (Lipinski definition) is 1. The lowest BCUT2D eigenvalue weighted by Gasteiger charge is -2.13. The molecule has 2 heteroatoms. The zero-order valence-electron chi connectivity index (χ0n) is 30.6. The number of aromatic nitrogens is 1. The van der Waals surface area contributed by atoms with E-state index in [2.05, 4.69) is 217 Å². The van der Waals surface area contributed by atoms with Gasteiger partial charge in [0.1, 0.15) is 0 Å². The fraction of sp³-hybridized carbons (Fsp3) is 0. The van der Waals surface area contributed by atoms with E-state index in [9.17, 15) is 0 Å². The highest BCUT2D eigenvalue weighted by Gasteiger charge is 2.17. The summed E-state index contributed by atoms with van der Waals surface area (Å²) >= 11 is 1.89. The number of benzene rings is 9. The minimum atomic E-state index is 1.15. The third kappa shape index (κ3) is 5.54. The van der Waals surface area contributed by atoms with Gasteiger partial charge in [0.15, 0.2) is 0 Å². The Labute approximate surface area is 330 Å². The third-order valence-electron chi connectivity index (χ3n) is 11.2. The molecule has 0 unspecified atom stereocenters. The Bertz CT molecular complexity index is 3210. The lowest BCUT2D eigenvalue weighted by Crippen LogP contribution is -1.93. The van der Waals surface area contributed by atoms with Crippen LogP contribution in [0.1, 0.15) is 0 Å². The van der Waals surface area contributed by atoms with Crippen molar-refractivity contribution in [1.29, 1.82) is 0 Å². The maximum atomic E-state index is 2.42. The van der Waals surface area contributed by atoms with Crippen molar-refractivity contribution >= 4 is 53.3 Å². The summed E-state index contributed by atoms with van der Waals surface area (Å²) in [5.41, 5.74) is 15.7. The summed E-state index contributed by atoms with van der Waals surface area (Å²) in [6.07, 6.45) is 0. The van der Waals surface area contributed by atoms with Crippen LogP contribution >= 0.6 is 11.3 Å². The van der Waals surface area contributed by atoms with Gasteiger partial charge >= 0.3 is 0 Å². The average molecular weight is 730 g/mol. The molecular formula is C54H35NS. The molecule has 0 spiro atoms. The molecule has 0 aliphatic carbocycles. The molecule has 0 N–H and O–H groups in total. The topological polar surface area (TPSA) is 4.93 Å². The Balaban J connectivity index is 1.13. The van der Waals surface area contributed by atoms with Crippen molar-refractivity contribution in [1.82, 2.24) is 4.57 Å². The minimum absolute atomic E-state index is 1.15. The molecule has 0 saturated carbocycles. The van der Waals surface area contributed by atoms with E-state index in [1.807, 2.05) is 11.3 Å². The van der Waals surface area contributed by atoms with Gasteiger partial charge in [-0.25, -0.2) is 0 Å². The van der Waals surface area contributed by atoms with Gasteiger partial charge in [0.05, 0.1) is 11.0 Å². The van der Waals surface area contributed by atoms with Crippen LogP contribution in [-0.2, 0) is 0 Å². The highest BCUT2D eigenvalue weighted by Crippen LogP contribution is 2.43. The van der Waals surface area contributed by atoms with Crippen molar-refractivity contribution in [3.63, 3.8) is 0 Å². The normalized spacial score (nSPS) is 11.6. The van der Waals surface area contributed by atoms with Gasteiger partial charge in [0.25, 0.3) is 0 Å². The first kappa shape index (κ1) is 32.4. The SMILES string of the molecule is c1ccc(-c2ccc(-c3cc(-c4ccc5c6cc(-c7ccccc7)ccc6n(-c6ccccc6)c5c4)cc(-c4cccc5c4sc4ccccc45)c3)cc2)cc1. The van der Waals surface area contributed by atoms with Crippen LogP contribution in [0.4, 0.5) is 0 Å². The molecule has 9 aromatic carbocycles. The van der Waals surface area contributed by atoms with Crippen molar-refractivity contribution in [3.05, 3.63) is 212 Å². The van der Waals surface area contributed by atoms with E-state index in [0.29, 0.717) is 0 Å². The van der Waals surface area contributed by atoms with Gasteiger partial charge in [-0.05, 0) is 110 Å². The van der Waals surface area contributed by atoms with Gasteiger partial charge in [-0.2, -0.15) is 0 Å². The van der Waals surface area contributed by atoms with Gasteiger partial charge in [-0.15, -0.1) is 11.3 Å². The van der Waals surface area contributed by atoms with Gasteiger partial charge in [0, 0.05) is 36.6 Å². The summed E-state index contributed by atoms with van der Waals surface area (Å²) in [6.45, 7) is 0. The summed E-state index contributed by atoms with van der Waals surface area (Å²) < 4.78 is 5.07. The summed E-state index contributed by atoms with van der Waals surface area (Å²) in [4.78, 5) is 0. The number of fused-ring (bicyclic) bond motifs is 6. The summed E-state index contributed by atoms with van der Waals surface area (Å²) in [5.74, 6) is 0. The number of nitrogens with zero attached hydrogens (tertiary/aromatic N) is 1. The van der Waals surface area contributed by atoms with Gasteiger partial charge in [-0.3, -0.25) is 0 Å². The fourth-order valence-electron chi connectivity index (χ4n) is 8.44. The zero-order chi connectivity index (χ0) is 37.0. The Hall–Kier alpha value is -7.00. The van der Waals surface area contributed by atoms with E-state index in [1.54, 1.807) is 0 Å². The Morgan fingerprint density at radius 3 is 1.57 bits per heavy atom. The highest BCUT2D eigenvalue weighted by molar-refractivity contribution is 7.26. The smallest absolute Gasteiger partial charge is 0.0547 e. The molecule has 11 aromatic rings. The van der Waals surface area contributed by atoms with Crippen LogP contribution in [-0.4, -0.2) is 4.57 Å². The maximum absolute atomic E-state index is 2.42. The standard InChI is InChI=1S/C54H35NS/c1-4-13-36(14-5-1)38-23-25-39(26-24-38)42-31-43(33-44(32-42)46-20-12-21-49-48-19-10-11-22-53(48)56-54(46)49)41-27-29-47-50-34-40(37-15-6-2-7-16-37)28-30-51(50)55(52(47)35-41)45-17-8-3-9-18-45/h1-35H. The van der Waals surface area contributed by atoms with E-state index in [4.69, 9.17) is 0 Å². The van der Waals surface area contributed by atoms with E-state index in [0.717, 1.165) is 5.69 Å². The quantitative estimate of drug-likeness (QED) is 0.161. The largest absolute Gasteiger partial charge is 0.309 e.